The highest BCUT2D eigenvalue weighted by Crippen LogP contribution is 2.21. The highest BCUT2D eigenvalue weighted by molar-refractivity contribution is 5.44. The van der Waals surface area contributed by atoms with Gasteiger partial charge in [0, 0.05) is 13.1 Å². The predicted molar refractivity (Wildman–Crippen MR) is 89.2 cm³/mol. The van der Waals surface area contributed by atoms with Gasteiger partial charge in [-0.1, -0.05) is 60.7 Å². The third-order valence-corrected chi connectivity index (χ3v) is 3.48. The summed E-state index contributed by atoms with van der Waals surface area (Å²) < 4.78 is 14.2. The highest BCUT2D eigenvalue weighted by Gasteiger charge is 2.15. The van der Waals surface area contributed by atoms with Crippen molar-refractivity contribution in [1.82, 2.24) is 9.97 Å². The summed E-state index contributed by atoms with van der Waals surface area (Å²) in [4.78, 5) is 9.64. The summed E-state index contributed by atoms with van der Waals surface area (Å²) in [5.74, 6) is -0.205. The zero-order valence-electron chi connectivity index (χ0n) is 12.6. The Morgan fingerprint density at radius 1 is 0.870 bits per heavy atom. The molecule has 3 rings (SSSR count). The van der Waals surface area contributed by atoms with Crippen LogP contribution in [0.2, 0.25) is 0 Å². The first-order valence-corrected chi connectivity index (χ1v) is 7.33. The second-order valence-corrected chi connectivity index (χ2v) is 5.23. The SMILES string of the molecule is Nc1ncc(F)c(N(Cc2ccccc2)Cc2ccccc2)n1. The molecular weight excluding hydrogens is 291 g/mol. The molecule has 0 aliphatic heterocycles. The standard InChI is InChI=1S/C18H17FN4/c19-16-11-21-18(20)22-17(16)23(12-14-7-3-1-4-8-14)13-15-9-5-2-6-10-15/h1-11H,12-13H2,(H2,20,21,22). The van der Waals surface area contributed by atoms with Crippen molar-refractivity contribution in [2.24, 2.45) is 0 Å². The minimum absolute atomic E-state index is 0.0625. The van der Waals surface area contributed by atoms with Crippen molar-refractivity contribution in [2.75, 3.05) is 10.6 Å². The lowest BCUT2D eigenvalue weighted by atomic mass is 10.1. The number of nitrogens with two attached hydrogens (primary N) is 1. The number of nitrogen functional groups attached to an aromatic ring is 1. The topological polar surface area (TPSA) is 55.0 Å². The van der Waals surface area contributed by atoms with Gasteiger partial charge in [-0.25, -0.2) is 9.37 Å². The fourth-order valence-electron chi connectivity index (χ4n) is 2.41. The molecule has 0 atom stereocenters. The molecule has 4 nitrogen and oxygen atoms in total. The van der Waals surface area contributed by atoms with E-state index in [0.717, 1.165) is 17.3 Å². The van der Waals surface area contributed by atoms with Gasteiger partial charge in [-0.05, 0) is 11.1 Å². The highest BCUT2D eigenvalue weighted by atomic mass is 19.1. The molecule has 0 bridgehead atoms. The Bertz CT molecular complexity index is 721. The van der Waals surface area contributed by atoms with E-state index in [1.807, 2.05) is 65.6 Å². The van der Waals surface area contributed by atoms with E-state index in [1.165, 1.54) is 0 Å². The molecule has 5 heteroatoms. The number of hydrogen-bond donors (Lipinski definition) is 1. The van der Waals surface area contributed by atoms with E-state index in [-0.39, 0.29) is 11.8 Å². The molecule has 0 fully saturated rings. The van der Waals surface area contributed by atoms with Gasteiger partial charge in [-0.3, -0.25) is 0 Å². The summed E-state index contributed by atoms with van der Waals surface area (Å²) in [6.45, 7) is 1.06. The molecule has 0 radical (unpaired) electrons. The maximum absolute atomic E-state index is 14.2. The lowest BCUT2D eigenvalue weighted by molar-refractivity contribution is 0.600. The van der Waals surface area contributed by atoms with Gasteiger partial charge in [0.25, 0.3) is 0 Å². The van der Waals surface area contributed by atoms with Crippen molar-refractivity contribution < 1.29 is 4.39 Å². The van der Waals surface area contributed by atoms with Crippen molar-refractivity contribution >= 4 is 11.8 Å². The molecule has 0 spiro atoms. The Morgan fingerprint density at radius 3 is 1.91 bits per heavy atom. The molecule has 0 saturated heterocycles. The van der Waals surface area contributed by atoms with E-state index in [2.05, 4.69) is 9.97 Å². The van der Waals surface area contributed by atoms with Gasteiger partial charge in [0.1, 0.15) is 0 Å². The fraction of sp³-hybridized carbons (Fsp3) is 0.111. The average Bonchev–Trinajstić information content (AvgIpc) is 2.58. The molecule has 1 heterocycles. The van der Waals surface area contributed by atoms with Gasteiger partial charge < -0.3 is 10.6 Å². The number of aromatic nitrogens is 2. The van der Waals surface area contributed by atoms with Crippen molar-refractivity contribution in [2.45, 2.75) is 13.1 Å². The second kappa shape index (κ2) is 6.87. The molecule has 0 aliphatic rings. The number of nitrogens with zero attached hydrogens (tertiary/aromatic N) is 3. The summed E-state index contributed by atoms with van der Waals surface area (Å²) >= 11 is 0. The van der Waals surface area contributed by atoms with Gasteiger partial charge in [-0.2, -0.15) is 4.98 Å². The quantitative estimate of drug-likeness (QED) is 0.785. The third kappa shape index (κ3) is 3.83. The molecule has 0 unspecified atom stereocenters. The zero-order valence-corrected chi connectivity index (χ0v) is 12.6. The van der Waals surface area contributed by atoms with Crippen LogP contribution in [0.1, 0.15) is 11.1 Å². The van der Waals surface area contributed by atoms with Gasteiger partial charge in [0.15, 0.2) is 11.6 Å². The summed E-state index contributed by atoms with van der Waals surface area (Å²) in [5.41, 5.74) is 7.78. The van der Waals surface area contributed by atoms with Crippen LogP contribution in [0.4, 0.5) is 16.2 Å². The monoisotopic (exact) mass is 308 g/mol. The summed E-state index contributed by atoms with van der Waals surface area (Å²) in [5, 5.41) is 0. The molecule has 3 aromatic rings. The molecule has 2 N–H and O–H groups in total. The van der Waals surface area contributed by atoms with E-state index >= 15 is 0 Å². The number of rotatable bonds is 5. The van der Waals surface area contributed by atoms with E-state index in [9.17, 15) is 4.39 Å². The maximum Gasteiger partial charge on any atom is 0.222 e. The molecule has 0 amide bonds. The lowest BCUT2D eigenvalue weighted by Gasteiger charge is -2.24. The van der Waals surface area contributed by atoms with Crippen LogP contribution in [0.3, 0.4) is 0 Å². The predicted octanol–water partition coefficient (Wildman–Crippen LogP) is 3.40. The van der Waals surface area contributed by atoms with Crippen LogP contribution < -0.4 is 10.6 Å². The lowest BCUT2D eigenvalue weighted by Crippen LogP contribution is -2.25. The van der Waals surface area contributed by atoms with E-state index < -0.39 is 5.82 Å². The fourth-order valence-corrected chi connectivity index (χ4v) is 2.41. The summed E-state index contributed by atoms with van der Waals surface area (Å²) in [6, 6.07) is 19.7. The van der Waals surface area contributed by atoms with Crippen LogP contribution in [-0.4, -0.2) is 9.97 Å². The molecular formula is C18H17FN4. The molecule has 23 heavy (non-hydrogen) atoms. The van der Waals surface area contributed by atoms with Crippen molar-refractivity contribution in [3.05, 3.63) is 83.8 Å². The Morgan fingerprint density at radius 2 is 1.39 bits per heavy atom. The largest absolute Gasteiger partial charge is 0.368 e. The van der Waals surface area contributed by atoms with Crippen molar-refractivity contribution in [3.63, 3.8) is 0 Å². The minimum atomic E-state index is -0.480. The first kappa shape index (κ1) is 15.0. The van der Waals surface area contributed by atoms with Crippen LogP contribution in [0.25, 0.3) is 0 Å². The zero-order chi connectivity index (χ0) is 16.1. The Balaban J connectivity index is 1.94. The molecule has 0 aliphatic carbocycles. The summed E-state index contributed by atoms with van der Waals surface area (Å²) in [6.07, 6.45) is 1.11. The molecule has 116 valence electrons. The Labute approximate surface area is 134 Å². The van der Waals surface area contributed by atoms with Gasteiger partial charge in [-0.15, -0.1) is 0 Å². The molecule has 0 saturated carbocycles. The van der Waals surface area contributed by atoms with Crippen LogP contribution in [0.15, 0.2) is 66.9 Å². The second-order valence-electron chi connectivity index (χ2n) is 5.23. The minimum Gasteiger partial charge on any atom is -0.368 e. The van der Waals surface area contributed by atoms with Gasteiger partial charge in [0.2, 0.25) is 5.95 Å². The van der Waals surface area contributed by atoms with Crippen molar-refractivity contribution in [1.29, 1.82) is 0 Å². The number of benzene rings is 2. The van der Waals surface area contributed by atoms with Gasteiger partial charge >= 0.3 is 0 Å². The first-order valence-electron chi connectivity index (χ1n) is 7.33. The molecule has 2 aromatic carbocycles. The normalized spacial score (nSPS) is 10.5. The maximum atomic E-state index is 14.2. The van der Waals surface area contributed by atoms with E-state index in [1.54, 1.807) is 0 Å². The van der Waals surface area contributed by atoms with Gasteiger partial charge in [0.05, 0.1) is 6.20 Å². The van der Waals surface area contributed by atoms with Crippen molar-refractivity contribution in [3.8, 4) is 0 Å². The van der Waals surface area contributed by atoms with Crippen LogP contribution in [0, 0.1) is 5.82 Å². The van der Waals surface area contributed by atoms with Crippen LogP contribution in [0.5, 0.6) is 0 Å². The van der Waals surface area contributed by atoms with E-state index in [0.29, 0.717) is 13.1 Å². The van der Waals surface area contributed by atoms with Crippen LogP contribution in [-0.2, 0) is 13.1 Å². The number of halogens is 1. The number of hydrogen-bond acceptors (Lipinski definition) is 4. The average molecular weight is 308 g/mol. The summed E-state index contributed by atoms with van der Waals surface area (Å²) in [7, 11) is 0. The molecule has 1 aromatic heterocycles. The Kier molecular flexibility index (Phi) is 4.47. The van der Waals surface area contributed by atoms with Crippen LogP contribution >= 0.6 is 0 Å². The first-order chi connectivity index (χ1) is 11.2. The van der Waals surface area contributed by atoms with E-state index in [4.69, 9.17) is 5.73 Å². The third-order valence-electron chi connectivity index (χ3n) is 3.48. The smallest absolute Gasteiger partial charge is 0.222 e. The Hall–Kier alpha value is -2.95. The number of anilines is 2.